The molecule has 0 fully saturated rings. The predicted molar refractivity (Wildman–Crippen MR) is 74.9 cm³/mol. The molecule has 0 saturated carbocycles. The molecular weight excluding hydrogens is 226 g/mol. The third-order valence-corrected chi connectivity index (χ3v) is 2.74. The van der Waals surface area contributed by atoms with Gasteiger partial charge in [-0.2, -0.15) is 0 Å². The molecule has 1 aromatic carbocycles. The van der Waals surface area contributed by atoms with Crippen molar-refractivity contribution in [1.29, 1.82) is 0 Å². The van der Waals surface area contributed by atoms with Gasteiger partial charge in [-0.15, -0.1) is 0 Å². The maximum absolute atomic E-state index is 6.08. The van der Waals surface area contributed by atoms with Crippen molar-refractivity contribution in [2.45, 2.75) is 32.7 Å². The van der Waals surface area contributed by atoms with Gasteiger partial charge in [-0.3, -0.25) is 0 Å². The van der Waals surface area contributed by atoms with Gasteiger partial charge in [0, 0.05) is 19.3 Å². The lowest BCUT2D eigenvalue weighted by molar-refractivity contribution is 0.104. The van der Waals surface area contributed by atoms with E-state index < -0.39 is 0 Å². The molecule has 2 N–H and O–H groups in total. The lowest BCUT2D eigenvalue weighted by Crippen LogP contribution is -2.25. The highest BCUT2D eigenvalue weighted by Gasteiger charge is 2.05. The Hall–Kier alpha value is -1.06. The standard InChI is InChI=1S/C15H25NO2/c1-12(2)11-18-9-8-14(16)10-13-4-6-15(17-3)7-5-13/h4-7,12,14H,8-11,16H2,1-3H3. The molecule has 18 heavy (non-hydrogen) atoms. The van der Waals surface area contributed by atoms with Crippen LogP contribution in [0.4, 0.5) is 0 Å². The van der Waals surface area contributed by atoms with Gasteiger partial charge in [0.2, 0.25) is 0 Å². The van der Waals surface area contributed by atoms with Crippen molar-refractivity contribution in [2.75, 3.05) is 20.3 Å². The largest absolute Gasteiger partial charge is 0.497 e. The van der Waals surface area contributed by atoms with Crippen LogP contribution in [-0.2, 0) is 11.2 Å². The smallest absolute Gasteiger partial charge is 0.118 e. The molecule has 0 aliphatic heterocycles. The number of hydrogen-bond acceptors (Lipinski definition) is 3. The van der Waals surface area contributed by atoms with Crippen molar-refractivity contribution in [3.63, 3.8) is 0 Å². The fraction of sp³-hybridized carbons (Fsp3) is 0.600. The van der Waals surface area contributed by atoms with Gasteiger partial charge >= 0.3 is 0 Å². The summed E-state index contributed by atoms with van der Waals surface area (Å²) in [5.41, 5.74) is 7.32. The Morgan fingerprint density at radius 3 is 2.39 bits per heavy atom. The molecule has 0 spiro atoms. The van der Waals surface area contributed by atoms with E-state index in [1.54, 1.807) is 7.11 Å². The summed E-state index contributed by atoms with van der Waals surface area (Å²) in [5.74, 6) is 1.47. The van der Waals surface area contributed by atoms with Crippen LogP contribution < -0.4 is 10.5 Å². The van der Waals surface area contributed by atoms with E-state index in [1.165, 1.54) is 5.56 Å². The zero-order valence-corrected chi connectivity index (χ0v) is 11.7. The van der Waals surface area contributed by atoms with Gasteiger partial charge in [0.1, 0.15) is 5.75 Å². The van der Waals surface area contributed by atoms with E-state index in [-0.39, 0.29) is 6.04 Å². The van der Waals surface area contributed by atoms with E-state index in [0.717, 1.165) is 31.8 Å². The van der Waals surface area contributed by atoms with Crippen molar-refractivity contribution in [2.24, 2.45) is 11.7 Å². The van der Waals surface area contributed by atoms with Crippen LogP contribution in [0.2, 0.25) is 0 Å². The molecule has 0 heterocycles. The van der Waals surface area contributed by atoms with Gasteiger partial charge in [0.15, 0.2) is 0 Å². The van der Waals surface area contributed by atoms with Crippen LogP contribution in [0, 0.1) is 5.92 Å². The molecule has 102 valence electrons. The van der Waals surface area contributed by atoms with Crippen LogP contribution >= 0.6 is 0 Å². The van der Waals surface area contributed by atoms with E-state index in [2.05, 4.69) is 26.0 Å². The first-order chi connectivity index (χ1) is 8.61. The molecule has 0 bridgehead atoms. The lowest BCUT2D eigenvalue weighted by atomic mass is 10.0. The molecule has 1 atom stereocenters. The van der Waals surface area contributed by atoms with Crippen LogP contribution in [0.1, 0.15) is 25.8 Å². The third kappa shape index (κ3) is 6.03. The normalized spacial score (nSPS) is 12.7. The topological polar surface area (TPSA) is 44.5 Å². The minimum Gasteiger partial charge on any atom is -0.497 e. The molecule has 0 radical (unpaired) electrons. The van der Waals surface area contributed by atoms with Crippen LogP contribution in [0.3, 0.4) is 0 Å². The summed E-state index contributed by atoms with van der Waals surface area (Å²) in [6, 6.07) is 8.22. The highest BCUT2D eigenvalue weighted by Crippen LogP contribution is 2.13. The van der Waals surface area contributed by atoms with Gasteiger partial charge < -0.3 is 15.2 Å². The molecule has 0 amide bonds. The first kappa shape index (κ1) is 15.0. The molecule has 0 saturated heterocycles. The quantitative estimate of drug-likeness (QED) is 0.722. The molecule has 0 aliphatic carbocycles. The molecule has 3 heteroatoms. The Bertz CT molecular complexity index is 322. The second-order valence-corrected chi connectivity index (χ2v) is 5.07. The van der Waals surface area contributed by atoms with E-state index >= 15 is 0 Å². The maximum atomic E-state index is 6.08. The van der Waals surface area contributed by atoms with Crippen LogP contribution in [-0.4, -0.2) is 26.4 Å². The van der Waals surface area contributed by atoms with Crippen LogP contribution in [0.5, 0.6) is 5.75 Å². The molecule has 3 nitrogen and oxygen atoms in total. The van der Waals surface area contributed by atoms with Gasteiger partial charge in [0.05, 0.1) is 7.11 Å². The number of hydrogen-bond donors (Lipinski definition) is 1. The van der Waals surface area contributed by atoms with E-state index in [4.69, 9.17) is 15.2 Å². The van der Waals surface area contributed by atoms with Crippen molar-refractivity contribution in [3.8, 4) is 5.75 Å². The summed E-state index contributed by atoms with van der Waals surface area (Å²) >= 11 is 0. The Kier molecular flexibility index (Phi) is 6.76. The Morgan fingerprint density at radius 1 is 1.17 bits per heavy atom. The maximum Gasteiger partial charge on any atom is 0.118 e. The fourth-order valence-corrected chi connectivity index (χ4v) is 1.72. The summed E-state index contributed by atoms with van der Waals surface area (Å²) < 4.78 is 10.7. The van der Waals surface area contributed by atoms with Gasteiger partial charge in [0.25, 0.3) is 0 Å². The SMILES string of the molecule is COc1ccc(CC(N)CCOCC(C)C)cc1. The minimum absolute atomic E-state index is 0.158. The van der Waals surface area contributed by atoms with Crippen LogP contribution in [0.15, 0.2) is 24.3 Å². The highest BCUT2D eigenvalue weighted by atomic mass is 16.5. The van der Waals surface area contributed by atoms with Crippen molar-refractivity contribution in [1.82, 2.24) is 0 Å². The van der Waals surface area contributed by atoms with Gasteiger partial charge in [-0.05, 0) is 36.5 Å². The third-order valence-electron chi connectivity index (χ3n) is 2.74. The Labute approximate surface area is 110 Å². The first-order valence-corrected chi connectivity index (χ1v) is 6.58. The summed E-state index contributed by atoms with van der Waals surface area (Å²) in [4.78, 5) is 0. The molecule has 0 aromatic heterocycles. The number of rotatable bonds is 8. The average molecular weight is 251 g/mol. The van der Waals surface area contributed by atoms with Crippen molar-refractivity contribution < 1.29 is 9.47 Å². The van der Waals surface area contributed by atoms with Gasteiger partial charge in [-0.25, -0.2) is 0 Å². The van der Waals surface area contributed by atoms with Crippen LogP contribution in [0.25, 0.3) is 0 Å². The minimum atomic E-state index is 0.158. The first-order valence-electron chi connectivity index (χ1n) is 6.58. The average Bonchev–Trinajstić information content (AvgIpc) is 2.35. The second-order valence-electron chi connectivity index (χ2n) is 5.07. The lowest BCUT2D eigenvalue weighted by Gasteiger charge is -2.13. The Balaban J connectivity index is 2.24. The van der Waals surface area contributed by atoms with Crippen molar-refractivity contribution in [3.05, 3.63) is 29.8 Å². The van der Waals surface area contributed by atoms with E-state index in [9.17, 15) is 0 Å². The summed E-state index contributed by atoms with van der Waals surface area (Å²) in [5, 5.41) is 0. The van der Waals surface area contributed by atoms with E-state index in [0.29, 0.717) is 5.92 Å². The summed E-state index contributed by atoms with van der Waals surface area (Å²) in [7, 11) is 1.67. The number of ether oxygens (including phenoxy) is 2. The van der Waals surface area contributed by atoms with Crippen molar-refractivity contribution >= 4 is 0 Å². The number of benzene rings is 1. The molecule has 1 rings (SSSR count). The molecular formula is C15H25NO2. The second kappa shape index (κ2) is 8.11. The molecule has 1 unspecified atom stereocenters. The Morgan fingerprint density at radius 2 is 1.83 bits per heavy atom. The highest BCUT2D eigenvalue weighted by molar-refractivity contribution is 5.27. The zero-order valence-electron chi connectivity index (χ0n) is 11.7. The summed E-state index contributed by atoms with van der Waals surface area (Å²) in [6.07, 6.45) is 1.79. The monoisotopic (exact) mass is 251 g/mol. The van der Waals surface area contributed by atoms with Gasteiger partial charge in [-0.1, -0.05) is 26.0 Å². The zero-order chi connectivity index (χ0) is 13.4. The predicted octanol–water partition coefficient (Wildman–Crippen LogP) is 2.63. The molecule has 0 aliphatic rings. The molecule has 1 aromatic rings. The number of nitrogens with two attached hydrogens (primary N) is 1. The van der Waals surface area contributed by atoms with E-state index in [1.807, 2.05) is 12.1 Å². The fourth-order valence-electron chi connectivity index (χ4n) is 1.72. The number of methoxy groups -OCH3 is 1. The summed E-state index contributed by atoms with van der Waals surface area (Å²) in [6.45, 7) is 5.86.